The van der Waals surface area contributed by atoms with Crippen LogP contribution in [-0.2, 0) is 19.0 Å². The van der Waals surface area contributed by atoms with Gasteiger partial charge >= 0.3 is 0 Å². The number of hydrogen-bond acceptors (Lipinski definition) is 4. The van der Waals surface area contributed by atoms with Crippen molar-refractivity contribution in [3.63, 3.8) is 0 Å². The van der Waals surface area contributed by atoms with Crippen LogP contribution in [0, 0.1) is 6.92 Å². The van der Waals surface area contributed by atoms with Crippen LogP contribution in [0.15, 0.2) is 29.2 Å². The molecule has 4 nitrogen and oxygen atoms in total. The van der Waals surface area contributed by atoms with Gasteiger partial charge in [-0.3, -0.25) is 4.18 Å². The third-order valence-corrected chi connectivity index (χ3v) is 4.49. The normalized spacial score (nSPS) is 27.2. The predicted molar refractivity (Wildman–Crippen MR) is 67.9 cm³/mol. The molecule has 1 aromatic carbocycles. The van der Waals surface area contributed by atoms with Crippen LogP contribution in [-0.4, -0.2) is 26.7 Å². The van der Waals surface area contributed by atoms with Crippen molar-refractivity contribution >= 4 is 10.1 Å². The Bertz CT molecular complexity index is 520. The maximum atomic E-state index is 11.9. The van der Waals surface area contributed by atoms with Gasteiger partial charge < -0.3 is 4.74 Å². The highest BCUT2D eigenvalue weighted by Gasteiger charge is 2.52. The Balaban J connectivity index is 2.02. The molecule has 2 rings (SSSR count). The summed E-state index contributed by atoms with van der Waals surface area (Å²) in [4.78, 5) is 0.186. The van der Waals surface area contributed by atoms with E-state index in [9.17, 15) is 8.42 Å². The topological polar surface area (TPSA) is 55.9 Å². The second-order valence-corrected chi connectivity index (χ2v) is 6.47. The number of aryl methyl sites for hydroxylation is 1. The van der Waals surface area contributed by atoms with Crippen LogP contribution in [0.1, 0.15) is 25.8 Å². The van der Waals surface area contributed by atoms with Gasteiger partial charge in [0.15, 0.2) is 0 Å². The fraction of sp³-hybridized carbons (Fsp3) is 0.538. The van der Waals surface area contributed by atoms with Crippen molar-refractivity contribution in [1.82, 2.24) is 0 Å². The third kappa shape index (κ3) is 2.74. The second-order valence-electron chi connectivity index (χ2n) is 4.86. The van der Waals surface area contributed by atoms with E-state index in [1.807, 2.05) is 20.8 Å². The Kier molecular flexibility index (Phi) is 3.49. The van der Waals surface area contributed by atoms with Crippen LogP contribution in [0.4, 0.5) is 0 Å². The largest absolute Gasteiger partial charge is 0.364 e. The van der Waals surface area contributed by atoms with E-state index >= 15 is 0 Å². The number of epoxide rings is 1. The molecule has 1 heterocycles. The van der Waals surface area contributed by atoms with Gasteiger partial charge in [0.25, 0.3) is 10.1 Å². The minimum absolute atomic E-state index is 0.0711. The standard InChI is InChI=1S/C13H18O4S/c1-4-12-13(3,17-12)9-16-18(14,15)11-7-5-10(2)6-8-11/h5-8,12H,4,9H2,1-3H3/t12-,13-/m0/s1. The molecule has 0 aromatic heterocycles. The first-order valence-electron chi connectivity index (χ1n) is 6.01. The Labute approximate surface area is 108 Å². The molecule has 1 fully saturated rings. The lowest BCUT2D eigenvalue weighted by atomic mass is 10.1. The molecule has 100 valence electrons. The average Bonchev–Trinajstić information content (AvgIpc) is 3.00. The zero-order chi connectivity index (χ0) is 13.4. The molecule has 18 heavy (non-hydrogen) atoms. The van der Waals surface area contributed by atoms with Crippen LogP contribution in [0.2, 0.25) is 0 Å². The van der Waals surface area contributed by atoms with Gasteiger partial charge in [0.05, 0.1) is 17.6 Å². The lowest BCUT2D eigenvalue weighted by Crippen LogP contribution is -2.21. The molecule has 0 N–H and O–H groups in total. The molecule has 0 spiro atoms. The van der Waals surface area contributed by atoms with E-state index in [1.54, 1.807) is 24.3 Å². The summed E-state index contributed by atoms with van der Waals surface area (Å²) in [5, 5.41) is 0. The van der Waals surface area contributed by atoms with Crippen molar-refractivity contribution in [2.45, 2.75) is 43.8 Å². The van der Waals surface area contributed by atoms with E-state index in [0.717, 1.165) is 12.0 Å². The van der Waals surface area contributed by atoms with Gasteiger partial charge in [-0.15, -0.1) is 0 Å². The first kappa shape index (κ1) is 13.5. The molecule has 0 amide bonds. The molecule has 0 saturated carbocycles. The van der Waals surface area contributed by atoms with Gasteiger partial charge in [-0.05, 0) is 32.4 Å². The molecule has 0 unspecified atom stereocenters. The third-order valence-electron chi connectivity index (χ3n) is 3.22. The Morgan fingerprint density at radius 3 is 2.44 bits per heavy atom. The minimum Gasteiger partial charge on any atom is -0.364 e. The van der Waals surface area contributed by atoms with E-state index < -0.39 is 15.7 Å². The molecule has 0 radical (unpaired) electrons. The fourth-order valence-corrected chi connectivity index (χ4v) is 2.90. The van der Waals surface area contributed by atoms with Crippen LogP contribution < -0.4 is 0 Å². The summed E-state index contributed by atoms with van der Waals surface area (Å²) in [5.74, 6) is 0. The highest BCUT2D eigenvalue weighted by molar-refractivity contribution is 7.86. The van der Waals surface area contributed by atoms with Crippen molar-refractivity contribution in [1.29, 1.82) is 0 Å². The maximum absolute atomic E-state index is 11.9. The molecule has 1 aromatic rings. The molecule has 1 aliphatic rings. The Morgan fingerprint density at radius 2 is 1.94 bits per heavy atom. The minimum atomic E-state index is -3.68. The van der Waals surface area contributed by atoms with E-state index in [2.05, 4.69) is 0 Å². The lowest BCUT2D eigenvalue weighted by molar-refractivity contribution is 0.205. The van der Waals surface area contributed by atoms with Crippen LogP contribution >= 0.6 is 0 Å². The lowest BCUT2D eigenvalue weighted by Gasteiger charge is -2.08. The van der Waals surface area contributed by atoms with E-state index in [1.165, 1.54) is 0 Å². The molecule has 5 heteroatoms. The number of benzene rings is 1. The van der Waals surface area contributed by atoms with Gasteiger partial charge in [0, 0.05) is 0 Å². The maximum Gasteiger partial charge on any atom is 0.297 e. The summed E-state index contributed by atoms with van der Waals surface area (Å²) < 4.78 is 34.3. The van der Waals surface area contributed by atoms with Gasteiger partial charge in [-0.25, -0.2) is 0 Å². The molecule has 2 atom stereocenters. The van der Waals surface area contributed by atoms with Crippen LogP contribution in [0.25, 0.3) is 0 Å². The van der Waals surface area contributed by atoms with Gasteiger partial charge in [0.2, 0.25) is 0 Å². The van der Waals surface area contributed by atoms with Crippen molar-refractivity contribution in [3.05, 3.63) is 29.8 Å². The summed E-state index contributed by atoms with van der Waals surface area (Å²) >= 11 is 0. The Hall–Kier alpha value is -0.910. The highest BCUT2D eigenvalue weighted by Crippen LogP contribution is 2.39. The van der Waals surface area contributed by atoms with Crippen LogP contribution in [0.3, 0.4) is 0 Å². The zero-order valence-electron chi connectivity index (χ0n) is 10.8. The van der Waals surface area contributed by atoms with Gasteiger partial charge in [0.1, 0.15) is 5.60 Å². The number of hydrogen-bond donors (Lipinski definition) is 0. The predicted octanol–water partition coefficient (Wildman–Crippen LogP) is 2.27. The Morgan fingerprint density at radius 1 is 1.33 bits per heavy atom. The first-order valence-corrected chi connectivity index (χ1v) is 7.42. The summed E-state index contributed by atoms with van der Waals surface area (Å²) in [6.45, 7) is 5.85. The fourth-order valence-electron chi connectivity index (χ4n) is 1.90. The van der Waals surface area contributed by atoms with Crippen molar-refractivity contribution in [3.8, 4) is 0 Å². The zero-order valence-corrected chi connectivity index (χ0v) is 11.7. The van der Waals surface area contributed by atoms with Crippen molar-refractivity contribution in [2.24, 2.45) is 0 Å². The number of ether oxygens (including phenoxy) is 1. The van der Waals surface area contributed by atoms with Crippen molar-refractivity contribution < 1.29 is 17.3 Å². The molecule has 0 bridgehead atoms. The van der Waals surface area contributed by atoms with E-state index in [4.69, 9.17) is 8.92 Å². The monoisotopic (exact) mass is 270 g/mol. The summed E-state index contributed by atoms with van der Waals surface area (Å²) in [7, 11) is -3.68. The summed E-state index contributed by atoms with van der Waals surface area (Å²) in [5.41, 5.74) is 0.560. The van der Waals surface area contributed by atoms with Crippen molar-refractivity contribution in [2.75, 3.05) is 6.61 Å². The van der Waals surface area contributed by atoms with E-state index in [-0.39, 0.29) is 17.6 Å². The molecule has 1 saturated heterocycles. The number of rotatable bonds is 5. The SMILES string of the molecule is CC[C@@H]1O[C@@]1(C)COS(=O)(=O)c1ccc(C)cc1. The molecular weight excluding hydrogens is 252 g/mol. The summed E-state index contributed by atoms with van der Waals surface area (Å²) in [6.07, 6.45) is 0.968. The first-order chi connectivity index (χ1) is 8.37. The van der Waals surface area contributed by atoms with Gasteiger partial charge in [-0.2, -0.15) is 8.42 Å². The molecule has 1 aliphatic heterocycles. The quantitative estimate of drug-likeness (QED) is 0.608. The van der Waals surface area contributed by atoms with Gasteiger partial charge in [-0.1, -0.05) is 24.6 Å². The average molecular weight is 270 g/mol. The van der Waals surface area contributed by atoms with E-state index in [0.29, 0.717) is 0 Å². The highest BCUT2D eigenvalue weighted by atomic mass is 32.2. The van der Waals surface area contributed by atoms with Crippen LogP contribution in [0.5, 0.6) is 0 Å². The smallest absolute Gasteiger partial charge is 0.297 e. The second kappa shape index (κ2) is 4.64. The molecular formula is C13H18O4S. The summed E-state index contributed by atoms with van der Waals surface area (Å²) in [6, 6.07) is 6.61. The molecule has 0 aliphatic carbocycles.